The summed E-state index contributed by atoms with van der Waals surface area (Å²) in [7, 11) is 1.36. The molecule has 0 N–H and O–H groups in total. The summed E-state index contributed by atoms with van der Waals surface area (Å²) in [5, 5.41) is 9.02. The lowest BCUT2D eigenvalue weighted by atomic mass is 10.0. The molecule has 2 aromatic rings. The zero-order valence-corrected chi connectivity index (χ0v) is 18.6. The molecule has 1 aliphatic carbocycles. The van der Waals surface area contributed by atoms with Gasteiger partial charge in [0.05, 0.1) is 18.9 Å². The Labute approximate surface area is 182 Å². The predicted octanol–water partition coefficient (Wildman–Crippen LogP) is 3.78. The van der Waals surface area contributed by atoms with Crippen molar-refractivity contribution in [3.05, 3.63) is 30.0 Å². The quantitative estimate of drug-likeness (QED) is 0.688. The maximum atomic E-state index is 12.8. The van der Waals surface area contributed by atoms with E-state index in [2.05, 4.69) is 15.1 Å². The number of ether oxygens (including phenoxy) is 2. The first kappa shape index (κ1) is 21.3. The maximum absolute atomic E-state index is 12.8. The van der Waals surface area contributed by atoms with Gasteiger partial charge in [-0.25, -0.2) is 9.59 Å². The number of rotatable bonds is 4. The Morgan fingerprint density at radius 3 is 2.35 bits per heavy atom. The van der Waals surface area contributed by atoms with Crippen LogP contribution in [0, 0.1) is 0 Å². The number of amides is 1. The monoisotopic (exact) mass is 426 g/mol. The molecule has 4 rings (SSSR count). The molecule has 0 bridgehead atoms. The first-order chi connectivity index (χ1) is 14.8. The zero-order chi connectivity index (χ0) is 22.2. The molecule has 0 radical (unpaired) electrons. The van der Waals surface area contributed by atoms with Crippen molar-refractivity contribution < 1.29 is 19.1 Å². The summed E-state index contributed by atoms with van der Waals surface area (Å²) in [5.41, 5.74) is 1.48. The van der Waals surface area contributed by atoms with E-state index in [1.807, 2.05) is 37.8 Å². The Bertz CT molecular complexity index is 975. The Balaban J connectivity index is 1.52. The average molecular weight is 427 g/mol. The second-order valence-corrected chi connectivity index (χ2v) is 9.25. The fourth-order valence-corrected chi connectivity index (χ4v) is 4.27. The van der Waals surface area contributed by atoms with Gasteiger partial charge in [0.25, 0.3) is 0 Å². The molecule has 31 heavy (non-hydrogen) atoms. The van der Waals surface area contributed by atoms with Crippen molar-refractivity contribution in [3.63, 3.8) is 0 Å². The summed E-state index contributed by atoms with van der Waals surface area (Å²) in [6, 6.07) is 6.07. The van der Waals surface area contributed by atoms with E-state index in [0.717, 1.165) is 49.8 Å². The van der Waals surface area contributed by atoms with Gasteiger partial charge in [0.2, 0.25) is 0 Å². The van der Waals surface area contributed by atoms with E-state index in [1.165, 1.54) is 7.11 Å². The number of carbonyl (C=O) groups excluding carboxylic acids is 2. The van der Waals surface area contributed by atoms with Crippen LogP contribution in [0.25, 0.3) is 10.9 Å². The fraction of sp³-hybridized carbons (Fsp3) is 0.565. The van der Waals surface area contributed by atoms with Gasteiger partial charge in [0, 0.05) is 36.2 Å². The minimum atomic E-state index is -0.494. The topological polar surface area (TPSA) is 84.9 Å². The Morgan fingerprint density at radius 1 is 1.06 bits per heavy atom. The number of anilines is 1. The molecule has 0 spiro atoms. The van der Waals surface area contributed by atoms with Crippen LogP contribution in [0.15, 0.2) is 24.4 Å². The normalized spacial score (nSPS) is 17.5. The van der Waals surface area contributed by atoms with E-state index in [1.54, 1.807) is 12.3 Å². The van der Waals surface area contributed by atoms with Crippen molar-refractivity contribution in [2.24, 2.45) is 0 Å². The lowest BCUT2D eigenvalue weighted by molar-refractivity contribution is 0.0113. The third-order valence-electron chi connectivity index (χ3n) is 5.81. The maximum Gasteiger partial charge on any atom is 0.410 e. The molecule has 1 amide bonds. The molecular formula is C23H30N4O4. The fourth-order valence-electron chi connectivity index (χ4n) is 4.27. The minimum Gasteiger partial charge on any atom is -0.465 e. The summed E-state index contributed by atoms with van der Waals surface area (Å²) in [4.78, 5) is 29.2. The standard InChI is InChI=1S/C23H30N4O4/c1-23(2,3)31-22(29)27(15-5-6-15)16-10-13-26(14-11-16)19-8-7-18(21(28)30-4)20-17(19)9-12-24-25-20/h7-9,12,15-16H,5-6,10-11,13-14H2,1-4H3. The van der Waals surface area contributed by atoms with Crippen molar-refractivity contribution >= 4 is 28.7 Å². The van der Waals surface area contributed by atoms with E-state index >= 15 is 0 Å². The van der Waals surface area contributed by atoms with Crippen LogP contribution in [0.5, 0.6) is 0 Å². The van der Waals surface area contributed by atoms with Crippen LogP contribution in [0.2, 0.25) is 0 Å². The highest BCUT2D eigenvalue weighted by Gasteiger charge is 2.40. The highest BCUT2D eigenvalue weighted by atomic mass is 16.6. The Morgan fingerprint density at radius 2 is 1.74 bits per heavy atom. The van der Waals surface area contributed by atoms with Gasteiger partial charge >= 0.3 is 12.1 Å². The molecule has 8 heteroatoms. The van der Waals surface area contributed by atoms with Crippen LogP contribution in [-0.4, -0.2) is 65.0 Å². The van der Waals surface area contributed by atoms with E-state index in [9.17, 15) is 9.59 Å². The number of nitrogens with zero attached hydrogens (tertiary/aromatic N) is 4. The summed E-state index contributed by atoms with van der Waals surface area (Å²) < 4.78 is 10.6. The number of aromatic nitrogens is 2. The van der Waals surface area contributed by atoms with Crippen LogP contribution in [0.1, 0.15) is 56.8 Å². The summed E-state index contributed by atoms with van der Waals surface area (Å²) >= 11 is 0. The third kappa shape index (κ3) is 4.57. The van der Waals surface area contributed by atoms with E-state index in [0.29, 0.717) is 17.1 Å². The summed E-state index contributed by atoms with van der Waals surface area (Å²) in [5.74, 6) is -0.423. The number of fused-ring (bicyclic) bond motifs is 1. The molecular weight excluding hydrogens is 396 g/mol. The van der Waals surface area contributed by atoms with Crippen molar-refractivity contribution in [2.45, 2.75) is 64.1 Å². The van der Waals surface area contributed by atoms with E-state index in [4.69, 9.17) is 9.47 Å². The van der Waals surface area contributed by atoms with Gasteiger partial charge in [-0.15, -0.1) is 5.10 Å². The smallest absolute Gasteiger partial charge is 0.410 e. The summed E-state index contributed by atoms with van der Waals surface area (Å²) in [6.45, 7) is 7.34. The molecule has 0 atom stereocenters. The first-order valence-corrected chi connectivity index (χ1v) is 10.9. The molecule has 0 unspecified atom stereocenters. The van der Waals surface area contributed by atoms with E-state index < -0.39 is 11.6 Å². The van der Waals surface area contributed by atoms with Gasteiger partial charge in [0.1, 0.15) is 11.1 Å². The minimum absolute atomic E-state index is 0.180. The average Bonchev–Trinajstić information content (AvgIpc) is 3.57. The number of methoxy groups -OCH3 is 1. The molecule has 8 nitrogen and oxygen atoms in total. The predicted molar refractivity (Wildman–Crippen MR) is 117 cm³/mol. The van der Waals surface area contributed by atoms with Gasteiger partial charge in [-0.3, -0.25) is 0 Å². The van der Waals surface area contributed by atoms with Gasteiger partial charge in [-0.05, 0) is 64.7 Å². The molecule has 1 saturated heterocycles. The number of esters is 1. The summed E-state index contributed by atoms with van der Waals surface area (Å²) in [6.07, 6.45) is 5.28. The lowest BCUT2D eigenvalue weighted by Crippen LogP contribution is -2.50. The van der Waals surface area contributed by atoms with E-state index in [-0.39, 0.29) is 12.1 Å². The molecule has 166 valence electrons. The molecule has 1 saturated carbocycles. The molecule has 1 aromatic carbocycles. The van der Waals surface area contributed by atoms with Crippen molar-refractivity contribution in [3.8, 4) is 0 Å². The van der Waals surface area contributed by atoms with Crippen molar-refractivity contribution in [1.82, 2.24) is 15.1 Å². The van der Waals surface area contributed by atoms with Crippen LogP contribution in [0.3, 0.4) is 0 Å². The number of hydrogen-bond donors (Lipinski definition) is 0. The second kappa shape index (κ2) is 8.32. The SMILES string of the molecule is COC(=O)c1ccc(N2CCC(N(C(=O)OC(C)(C)C)C3CC3)CC2)c2ccnnc12. The Hall–Kier alpha value is -2.90. The highest BCUT2D eigenvalue weighted by Crippen LogP contribution is 2.35. The first-order valence-electron chi connectivity index (χ1n) is 10.9. The van der Waals surface area contributed by atoms with Gasteiger partial charge in [-0.1, -0.05) is 0 Å². The highest BCUT2D eigenvalue weighted by molar-refractivity contribution is 6.06. The molecule has 2 fully saturated rings. The largest absolute Gasteiger partial charge is 0.465 e. The molecule has 1 aromatic heterocycles. The molecule has 1 aliphatic heterocycles. The number of piperidine rings is 1. The number of hydrogen-bond acceptors (Lipinski definition) is 7. The lowest BCUT2D eigenvalue weighted by Gasteiger charge is -2.40. The Kier molecular flexibility index (Phi) is 5.73. The van der Waals surface area contributed by atoms with Crippen LogP contribution < -0.4 is 4.90 Å². The van der Waals surface area contributed by atoms with Crippen LogP contribution >= 0.6 is 0 Å². The second-order valence-electron chi connectivity index (χ2n) is 9.25. The molecule has 2 aliphatic rings. The third-order valence-corrected chi connectivity index (χ3v) is 5.81. The van der Waals surface area contributed by atoms with Crippen LogP contribution in [-0.2, 0) is 9.47 Å². The van der Waals surface area contributed by atoms with Crippen molar-refractivity contribution in [2.75, 3.05) is 25.1 Å². The zero-order valence-electron chi connectivity index (χ0n) is 18.6. The van der Waals surface area contributed by atoms with Crippen molar-refractivity contribution in [1.29, 1.82) is 0 Å². The van der Waals surface area contributed by atoms with Gasteiger partial charge < -0.3 is 19.3 Å². The van der Waals surface area contributed by atoms with Crippen LogP contribution in [0.4, 0.5) is 10.5 Å². The number of carbonyl (C=O) groups is 2. The number of benzene rings is 1. The van der Waals surface area contributed by atoms with Gasteiger partial charge in [0.15, 0.2) is 0 Å². The molecule has 2 heterocycles. The van der Waals surface area contributed by atoms with Gasteiger partial charge in [-0.2, -0.15) is 5.10 Å².